The van der Waals surface area contributed by atoms with Crippen molar-refractivity contribution in [2.24, 2.45) is 11.3 Å². The zero-order valence-corrected chi connectivity index (χ0v) is 17.1. The number of unbranched alkanes of at least 4 members (excludes halogenated alkanes) is 1. The predicted octanol–water partition coefficient (Wildman–Crippen LogP) is 2.12. The molecule has 1 aliphatic carbocycles. The summed E-state index contributed by atoms with van der Waals surface area (Å²) in [5.74, 6) is -0.560. The van der Waals surface area contributed by atoms with Gasteiger partial charge in [0.05, 0.1) is 11.1 Å². The number of carbonyl (C=O) groups is 4. The highest BCUT2D eigenvalue weighted by Crippen LogP contribution is 2.26. The number of hydrogen-bond donors (Lipinski definition) is 2. The summed E-state index contributed by atoms with van der Waals surface area (Å²) in [4.78, 5) is 50.6. The van der Waals surface area contributed by atoms with E-state index in [4.69, 9.17) is 0 Å². The van der Waals surface area contributed by atoms with Crippen LogP contribution in [0.4, 0.5) is 0 Å². The van der Waals surface area contributed by atoms with Gasteiger partial charge in [-0.1, -0.05) is 18.6 Å². The van der Waals surface area contributed by atoms with Gasteiger partial charge >= 0.3 is 0 Å². The molecule has 29 heavy (non-hydrogen) atoms. The van der Waals surface area contributed by atoms with Crippen molar-refractivity contribution >= 4 is 23.6 Å². The Balaban J connectivity index is 1.37. The van der Waals surface area contributed by atoms with Crippen molar-refractivity contribution in [2.45, 2.75) is 46.0 Å². The maximum atomic E-state index is 12.4. The fraction of sp³-hybridized carbons (Fsp3) is 0.545. The van der Waals surface area contributed by atoms with E-state index < -0.39 is 5.41 Å². The van der Waals surface area contributed by atoms with E-state index in [9.17, 15) is 19.2 Å². The summed E-state index contributed by atoms with van der Waals surface area (Å²) in [5.41, 5.74) is -0.243. The molecule has 0 spiro atoms. The maximum absolute atomic E-state index is 12.4. The highest BCUT2D eigenvalue weighted by atomic mass is 16.2. The van der Waals surface area contributed by atoms with Gasteiger partial charge in [-0.25, -0.2) is 0 Å². The zero-order chi connectivity index (χ0) is 21.0. The van der Waals surface area contributed by atoms with Crippen LogP contribution >= 0.6 is 0 Å². The van der Waals surface area contributed by atoms with E-state index in [0.717, 1.165) is 12.8 Å². The largest absolute Gasteiger partial charge is 0.355 e. The summed E-state index contributed by atoms with van der Waals surface area (Å²) >= 11 is 0. The van der Waals surface area contributed by atoms with Crippen LogP contribution in [0.15, 0.2) is 24.3 Å². The lowest BCUT2D eigenvalue weighted by Crippen LogP contribution is -2.49. The molecule has 1 fully saturated rings. The van der Waals surface area contributed by atoms with Crippen LogP contribution in [0.25, 0.3) is 0 Å². The van der Waals surface area contributed by atoms with Gasteiger partial charge in [-0.3, -0.25) is 24.1 Å². The third kappa shape index (κ3) is 4.49. The quantitative estimate of drug-likeness (QED) is 0.378. The van der Waals surface area contributed by atoms with E-state index in [2.05, 4.69) is 10.6 Å². The lowest BCUT2D eigenvalue weighted by Gasteiger charge is -2.28. The Morgan fingerprint density at radius 3 is 2.14 bits per heavy atom. The van der Waals surface area contributed by atoms with Crippen LogP contribution in [-0.2, 0) is 9.59 Å². The first-order valence-corrected chi connectivity index (χ1v) is 10.3. The minimum absolute atomic E-state index is 0.257. The number of imide groups is 1. The van der Waals surface area contributed by atoms with E-state index in [-0.39, 0.29) is 23.6 Å². The van der Waals surface area contributed by atoms with Crippen molar-refractivity contribution in [3.63, 3.8) is 0 Å². The normalized spacial score (nSPS) is 16.4. The van der Waals surface area contributed by atoms with Crippen molar-refractivity contribution in [1.29, 1.82) is 0 Å². The van der Waals surface area contributed by atoms with E-state index in [1.165, 1.54) is 11.3 Å². The minimum atomic E-state index is -1.13. The first-order valence-electron chi connectivity index (χ1n) is 10.3. The van der Waals surface area contributed by atoms with Crippen molar-refractivity contribution < 1.29 is 19.2 Å². The molecule has 1 aromatic rings. The van der Waals surface area contributed by atoms with Crippen molar-refractivity contribution in [1.82, 2.24) is 15.5 Å². The summed E-state index contributed by atoms with van der Waals surface area (Å²) in [6.45, 7) is 4.58. The second kappa shape index (κ2) is 8.76. The standard InChI is InChI=1S/C22H29N3O4/c1-22(2,21(29)24-14-15-8-7-9-15)20(28)23-12-5-6-13-25-18(26)16-10-3-4-11-17(16)19(25)27/h3-4,10-11,15H,5-9,12-14H2,1-2H3,(H,23,28)(H,24,29). The summed E-state index contributed by atoms with van der Waals surface area (Å²) in [6.07, 6.45) is 4.68. The first-order chi connectivity index (χ1) is 13.8. The maximum Gasteiger partial charge on any atom is 0.261 e. The molecule has 0 aromatic heterocycles. The van der Waals surface area contributed by atoms with Crippen LogP contribution in [0.1, 0.15) is 66.7 Å². The Bertz CT molecular complexity index is 779. The van der Waals surface area contributed by atoms with Crippen LogP contribution in [0, 0.1) is 11.3 Å². The molecule has 0 atom stereocenters. The second-order valence-electron chi connectivity index (χ2n) is 8.40. The molecule has 3 rings (SSSR count). The Morgan fingerprint density at radius 1 is 1.00 bits per heavy atom. The molecule has 7 heteroatoms. The van der Waals surface area contributed by atoms with Gasteiger partial charge in [-0.05, 0) is 57.6 Å². The van der Waals surface area contributed by atoms with Crippen LogP contribution < -0.4 is 10.6 Å². The molecule has 1 heterocycles. The molecule has 156 valence electrons. The monoisotopic (exact) mass is 399 g/mol. The fourth-order valence-electron chi connectivity index (χ4n) is 3.52. The second-order valence-corrected chi connectivity index (χ2v) is 8.40. The van der Waals surface area contributed by atoms with Gasteiger partial charge in [-0.2, -0.15) is 0 Å². The summed E-state index contributed by atoms with van der Waals surface area (Å²) in [6, 6.07) is 6.81. The number of hydrogen-bond acceptors (Lipinski definition) is 4. The highest BCUT2D eigenvalue weighted by Gasteiger charge is 2.36. The SMILES string of the molecule is CC(C)(C(=O)NCCCCN1C(=O)c2ccccc2C1=O)C(=O)NCC1CCC1. The molecule has 1 aliphatic heterocycles. The number of amides is 4. The van der Waals surface area contributed by atoms with Crippen molar-refractivity contribution in [3.8, 4) is 0 Å². The first kappa shape index (κ1) is 21.0. The van der Waals surface area contributed by atoms with E-state index in [1.807, 2.05) is 0 Å². The van der Waals surface area contributed by atoms with Gasteiger partial charge in [-0.15, -0.1) is 0 Å². The molecule has 4 amide bonds. The molecule has 1 aromatic carbocycles. The number of benzene rings is 1. The molecule has 2 aliphatic rings. The van der Waals surface area contributed by atoms with Gasteiger partial charge in [0.1, 0.15) is 5.41 Å². The van der Waals surface area contributed by atoms with Gasteiger partial charge in [0.2, 0.25) is 11.8 Å². The number of nitrogens with one attached hydrogen (secondary N) is 2. The number of carbonyl (C=O) groups excluding carboxylic acids is 4. The van der Waals surface area contributed by atoms with Crippen LogP contribution in [0.5, 0.6) is 0 Å². The van der Waals surface area contributed by atoms with Crippen LogP contribution in [0.3, 0.4) is 0 Å². The van der Waals surface area contributed by atoms with Gasteiger partial charge in [0, 0.05) is 19.6 Å². The van der Waals surface area contributed by atoms with E-state index >= 15 is 0 Å². The van der Waals surface area contributed by atoms with Crippen LogP contribution in [0.2, 0.25) is 0 Å². The number of rotatable bonds is 9. The third-order valence-corrected chi connectivity index (χ3v) is 5.88. The molecular weight excluding hydrogens is 370 g/mol. The summed E-state index contributed by atoms with van der Waals surface area (Å²) in [7, 11) is 0. The van der Waals surface area contributed by atoms with Gasteiger partial charge in [0.15, 0.2) is 0 Å². The van der Waals surface area contributed by atoms with Crippen molar-refractivity contribution in [3.05, 3.63) is 35.4 Å². The Labute approximate surface area is 171 Å². The van der Waals surface area contributed by atoms with E-state index in [0.29, 0.717) is 49.5 Å². The Hall–Kier alpha value is -2.70. The van der Waals surface area contributed by atoms with E-state index in [1.54, 1.807) is 38.1 Å². The molecule has 2 N–H and O–H groups in total. The van der Waals surface area contributed by atoms with Gasteiger partial charge < -0.3 is 10.6 Å². The lowest BCUT2D eigenvalue weighted by atomic mass is 9.84. The lowest BCUT2D eigenvalue weighted by molar-refractivity contribution is -0.141. The van der Waals surface area contributed by atoms with Crippen molar-refractivity contribution in [2.75, 3.05) is 19.6 Å². The topological polar surface area (TPSA) is 95.6 Å². The Kier molecular flexibility index (Phi) is 6.35. The average Bonchev–Trinajstić information content (AvgIpc) is 2.91. The zero-order valence-electron chi connectivity index (χ0n) is 17.1. The fourth-order valence-corrected chi connectivity index (χ4v) is 3.52. The molecule has 1 saturated carbocycles. The number of nitrogens with zero attached hydrogens (tertiary/aromatic N) is 1. The molecule has 7 nitrogen and oxygen atoms in total. The summed E-state index contributed by atoms with van der Waals surface area (Å²) < 4.78 is 0. The molecule has 0 unspecified atom stereocenters. The summed E-state index contributed by atoms with van der Waals surface area (Å²) in [5, 5.41) is 5.68. The average molecular weight is 399 g/mol. The highest BCUT2D eigenvalue weighted by molar-refractivity contribution is 6.21. The predicted molar refractivity (Wildman–Crippen MR) is 108 cm³/mol. The smallest absolute Gasteiger partial charge is 0.261 e. The van der Waals surface area contributed by atoms with Crippen LogP contribution in [-0.4, -0.2) is 48.2 Å². The minimum Gasteiger partial charge on any atom is -0.355 e. The molecule has 0 bridgehead atoms. The Morgan fingerprint density at radius 2 is 1.59 bits per heavy atom. The van der Waals surface area contributed by atoms with Gasteiger partial charge in [0.25, 0.3) is 11.8 Å². The molecular formula is C22H29N3O4. The number of fused-ring (bicyclic) bond motifs is 1. The molecule has 0 saturated heterocycles. The third-order valence-electron chi connectivity index (χ3n) is 5.88. The molecule has 0 radical (unpaired) electrons.